The molecule has 1 aliphatic carbocycles. The molecule has 2 aromatic rings. The van der Waals surface area contributed by atoms with Crippen LogP contribution in [0.1, 0.15) is 16.7 Å². The van der Waals surface area contributed by atoms with E-state index < -0.39 is 0 Å². The fourth-order valence-corrected chi connectivity index (χ4v) is 2.76. The predicted molar refractivity (Wildman–Crippen MR) is 78.3 cm³/mol. The molecule has 0 unspecified atom stereocenters. The number of hydrogen-bond donors (Lipinski definition) is 2. The van der Waals surface area contributed by atoms with Crippen LogP contribution in [0.3, 0.4) is 0 Å². The lowest BCUT2D eigenvalue weighted by Gasteiger charge is -2.13. The monoisotopic (exact) mass is 267 g/mol. The summed E-state index contributed by atoms with van der Waals surface area (Å²) in [5.74, 6) is 0.0150. The normalized spacial score (nSPS) is 14.1. The van der Waals surface area contributed by atoms with E-state index in [0.717, 1.165) is 18.4 Å². The average Bonchev–Trinajstić information content (AvgIpc) is 2.92. The van der Waals surface area contributed by atoms with Gasteiger partial charge in [0.1, 0.15) is 0 Å². The standard InChI is InChI=1S/C17H17NO2/c19-11-14-7-3-4-8-16(14)18-17(20)15-9-12-5-1-2-6-13(12)10-15/h1-8,15,19H,9-11H2,(H,18,20). The van der Waals surface area contributed by atoms with Gasteiger partial charge in [-0.05, 0) is 30.0 Å². The van der Waals surface area contributed by atoms with Crippen molar-refractivity contribution in [2.24, 2.45) is 5.92 Å². The van der Waals surface area contributed by atoms with Crippen LogP contribution >= 0.6 is 0 Å². The molecule has 2 aromatic carbocycles. The number of benzene rings is 2. The second-order valence-electron chi connectivity index (χ2n) is 5.18. The zero-order valence-electron chi connectivity index (χ0n) is 11.2. The number of para-hydroxylation sites is 1. The van der Waals surface area contributed by atoms with E-state index in [1.165, 1.54) is 11.1 Å². The minimum absolute atomic E-state index is 0.0147. The van der Waals surface area contributed by atoms with Crippen LogP contribution in [-0.4, -0.2) is 11.0 Å². The van der Waals surface area contributed by atoms with Crippen LogP contribution in [0.15, 0.2) is 48.5 Å². The number of anilines is 1. The van der Waals surface area contributed by atoms with Crippen molar-refractivity contribution in [3.05, 3.63) is 65.2 Å². The lowest BCUT2D eigenvalue weighted by atomic mass is 10.0. The molecule has 3 nitrogen and oxygen atoms in total. The number of aliphatic hydroxyl groups excluding tert-OH is 1. The van der Waals surface area contributed by atoms with E-state index in [-0.39, 0.29) is 18.4 Å². The van der Waals surface area contributed by atoms with Crippen LogP contribution in [0, 0.1) is 5.92 Å². The van der Waals surface area contributed by atoms with Crippen molar-refractivity contribution in [3.8, 4) is 0 Å². The molecule has 0 fully saturated rings. The second-order valence-corrected chi connectivity index (χ2v) is 5.18. The highest BCUT2D eigenvalue weighted by Crippen LogP contribution is 2.27. The Labute approximate surface area is 118 Å². The van der Waals surface area contributed by atoms with Crippen molar-refractivity contribution in [1.82, 2.24) is 0 Å². The molecule has 0 saturated heterocycles. The van der Waals surface area contributed by atoms with Gasteiger partial charge in [0.2, 0.25) is 5.91 Å². The summed E-state index contributed by atoms with van der Waals surface area (Å²) in [5, 5.41) is 12.2. The molecule has 3 rings (SSSR count). The van der Waals surface area contributed by atoms with E-state index in [9.17, 15) is 9.90 Å². The molecule has 102 valence electrons. The number of fused-ring (bicyclic) bond motifs is 1. The average molecular weight is 267 g/mol. The molecule has 0 spiro atoms. The Balaban J connectivity index is 1.72. The molecule has 0 radical (unpaired) electrons. The first-order chi connectivity index (χ1) is 9.78. The summed E-state index contributed by atoms with van der Waals surface area (Å²) >= 11 is 0. The van der Waals surface area contributed by atoms with E-state index in [0.29, 0.717) is 5.69 Å². The topological polar surface area (TPSA) is 49.3 Å². The number of hydrogen-bond acceptors (Lipinski definition) is 2. The van der Waals surface area contributed by atoms with E-state index in [1.807, 2.05) is 36.4 Å². The third kappa shape index (κ3) is 2.45. The molecule has 1 amide bonds. The first-order valence-electron chi connectivity index (χ1n) is 6.84. The van der Waals surface area contributed by atoms with Gasteiger partial charge in [0.25, 0.3) is 0 Å². The Kier molecular flexibility index (Phi) is 3.52. The third-order valence-corrected chi connectivity index (χ3v) is 3.87. The summed E-state index contributed by atoms with van der Waals surface area (Å²) < 4.78 is 0. The summed E-state index contributed by atoms with van der Waals surface area (Å²) in [6, 6.07) is 15.6. The lowest BCUT2D eigenvalue weighted by molar-refractivity contribution is -0.119. The lowest BCUT2D eigenvalue weighted by Crippen LogP contribution is -2.23. The minimum atomic E-state index is -0.0681. The highest BCUT2D eigenvalue weighted by atomic mass is 16.3. The molecular formula is C17H17NO2. The second kappa shape index (κ2) is 5.47. The van der Waals surface area contributed by atoms with Gasteiger partial charge in [0, 0.05) is 17.2 Å². The Morgan fingerprint density at radius 1 is 1.05 bits per heavy atom. The van der Waals surface area contributed by atoms with Crippen molar-refractivity contribution < 1.29 is 9.90 Å². The summed E-state index contributed by atoms with van der Waals surface area (Å²) in [5.41, 5.74) is 3.98. The van der Waals surface area contributed by atoms with Crippen LogP contribution in [0.25, 0.3) is 0 Å². The quantitative estimate of drug-likeness (QED) is 0.897. The zero-order valence-corrected chi connectivity index (χ0v) is 11.2. The van der Waals surface area contributed by atoms with Crippen LogP contribution in [0.4, 0.5) is 5.69 Å². The molecule has 0 heterocycles. The maximum absolute atomic E-state index is 12.4. The Morgan fingerprint density at radius 2 is 1.65 bits per heavy atom. The first kappa shape index (κ1) is 12.9. The molecule has 3 heteroatoms. The number of carbonyl (C=O) groups is 1. The van der Waals surface area contributed by atoms with Gasteiger partial charge in [-0.15, -0.1) is 0 Å². The molecule has 2 N–H and O–H groups in total. The molecule has 1 aliphatic rings. The van der Waals surface area contributed by atoms with Gasteiger partial charge in [0.05, 0.1) is 6.61 Å². The molecule has 0 saturated carbocycles. The van der Waals surface area contributed by atoms with Crippen LogP contribution in [-0.2, 0) is 24.2 Å². The van der Waals surface area contributed by atoms with Gasteiger partial charge in [-0.1, -0.05) is 42.5 Å². The van der Waals surface area contributed by atoms with Crippen LogP contribution < -0.4 is 5.32 Å². The largest absolute Gasteiger partial charge is 0.392 e. The zero-order chi connectivity index (χ0) is 13.9. The highest BCUT2D eigenvalue weighted by Gasteiger charge is 2.27. The fraction of sp³-hybridized carbons (Fsp3) is 0.235. The molecule has 20 heavy (non-hydrogen) atoms. The van der Waals surface area contributed by atoms with Crippen molar-refractivity contribution in [2.45, 2.75) is 19.4 Å². The van der Waals surface area contributed by atoms with Gasteiger partial charge in [0.15, 0.2) is 0 Å². The van der Waals surface area contributed by atoms with Crippen LogP contribution in [0.2, 0.25) is 0 Å². The Bertz CT molecular complexity index is 611. The van der Waals surface area contributed by atoms with Crippen LogP contribution in [0.5, 0.6) is 0 Å². The SMILES string of the molecule is O=C(Nc1ccccc1CO)C1Cc2ccccc2C1. The summed E-state index contributed by atoms with van der Waals surface area (Å²) in [4.78, 5) is 12.4. The van der Waals surface area contributed by atoms with Crippen molar-refractivity contribution >= 4 is 11.6 Å². The maximum Gasteiger partial charge on any atom is 0.228 e. The molecule has 0 aliphatic heterocycles. The summed E-state index contributed by atoms with van der Waals surface area (Å²) in [6.07, 6.45) is 1.59. The summed E-state index contributed by atoms with van der Waals surface area (Å²) in [7, 11) is 0. The van der Waals surface area contributed by atoms with Gasteiger partial charge in [-0.3, -0.25) is 4.79 Å². The number of carbonyl (C=O) groups excluding carboxylic acids is 1. The highest BCUT2D eigenvalue weighted by molar-refractivity contribution is 5.94. The number of rotatable bonds is 3. The van der Waals surface area contributed by atoms with E-state index in [2.05, 4.69) is 17.4 Å². The minimum Gasteiger partial charge on any atom is -0.392 e. The van der Waals surface area contributed by atoms with Gasteiger partial charge < -0.3 is 10.4 Å². The van der Waals surface area contributed by atoms with Gasteiger partial charge >= 0.3 is 0 Å². The van der Waals surface area contributed by atoms with Gasteiger partial charge in [-0.2, -0.15) is 0 Å². The first-order valence-corrected chi connectivity index (χ1v) is 6.84. The van der Waals surface area contributed by atoms with Crippen molar-refractivity contribution in [3.63, 3.8) is 0 Å². The van der Waals surface area contributed by atoms with E-state index in [1.54, 1.807) is 0 Å². The smallest absolute Gasteiger partial charge is 0.228 e. The van der Waals surface area contributed by atoms with Gasteiger partial charge in [-0.25, -0.2) is 0 Å². The molecular weight excluding hydrogens is 250 g/mol. The van der Waals surface area contributed by atoms with Crippen molar-refractivity contribution in [1.29, 1.82) is 0 Å². The maximum atomic E-state index is 12.4. The molecule has 0 aromatic heterocycles. The molecule has 0 atom stereocenters. The molecule has 0 bridgehead atoms. The number of aliphatic hydroxyl groups is 1. The summed E-state index contributed by atoms with van der Waals surface area (Å²) in [6.45, 7) is -0.0681. The van der Waals surface area contributed by atoms with Crippen molar-refractivity contribution in [2.75, 3.05) is 5.32 Å². The Morgan fingerprint density at radius 3 is 2.30 bits per heavy atom. The number of nitrogens with one attached hydrogen (secondary N) is 1. The number of amides is 1. The van der Waals surface area contributed by atoms with E-state index >= 15 is 0 Å². The Hall–Kier alpha value is -2.13. The third-order valence-electron chi connectivity index (χ3n) is 3.87. The van der Waals surface area contributed by atoms with E-state index in [4.69, 9.17) is 0 Å². The predicted octanol–water partition coefficient (Wildman–Crippen LogP) is 2.53. The fourth-order valence-electron chi connectivity index (χ4n) is 2.76.